The van der Waals surface area contributed by atoms with E-state index in [1.165, 1.54) is 4.88 Å². The fourth-order valence-electron chi connectivity index (χ4n) is 2.18. The van der Waals surface area contributed by atoms with Crippen molar-refractivity contribution in [1.29, 1.82) is 0 Å². The van der Waals surface area contributed by atoms with Crippen molar-refractivity contribution >= 4 is 51.2 Å². The smallest absolute Gasteiger partial charge is 0.207 e. The summed E-state index contributed by atoms with van der Waals surface area (Å²) in [7, 11) is 0. The van der Waals surface area contributed by atoms with Crippen molar-refractivity contribution in [2.24, 2.45) is 0 Å². The second-order valence-corrected chi connectivity index (χ2v) is 6.56. The zero-order valence-corrected chi connectivity index (χ0v) is 13.4. The van der Waals surface area contributed by atoms with Crippen molar-refractivity contribution < 1.29 is 0 Å². The van der Waals surface area contributed by atoms with E-state index >= 15 is 0 Å². The highest BCUT2D eigenvalue weighted by Crippen LogP contribution is 2.34. The van der Waals surface area contributed by atoms with E-state index in [0.29, 0.717) is 15.6 Å². The Kier molecular flexibility index (Phi) is 3.28. The number of rotatable bonds is 1. The first-order valence-electron chi connectivity index (χ1n) is 6.03. The first-order valence-corrected chi connectivity index (χ1v) is 7.63. The number of nitrogens with zero attached hydrogens (tertiary/aromatic N) is 2. The molecule has 0 aliphatic heterocycles. The number of nitrogen functional groups attached to an aromatic ring is 1. The van der Waals surface area contributed by atoms with Gasteiger partial charge in [-0.15, -0.1) is 11.3 Å². The second kappa shape index (κ2) is 4.84. The number of fused-ring (bicyclic) bond motifs is 1. The molecule has 0 saturated heterocycles. The molecular weight excluding hydrogens is 310 g/mol. The molecule has 102 valence electrons. The van der Waals surface area contributed by atoms with E-state index in [0.717, 1.165) is 21.5 Å². The third-order valence-corrected chi connectivity index (χ3v) is 4.96. The third-order valence-electron chi connectivity index (χ3n) is 3.34. The molecule has 0 spiro atoms. The monoisotopic (exact) mass is 321 g/mol. The van der Waals surface area contributed by atoms with E-state index in [4.69, 9.17) is 29.6 Å². The van der Waals surface area contributed by atoms with Gasteiger partial charge in [0.05, 0.1) is 5.39 Å². The van der Waals surface area contributed by atoms with Crippen LogP contribution in [0.25, 0.3) is 15.9 Å². The Morgan fingerprint density at radius 1 is 1.25 bits per heavy atom. The fourth-order valence-corrected chi connectivity index (χ4v) is 3.70. The van der Waals surface area contributed by atoms with Crippen molar-refractivity contribution in [2.75, 3.05) is 5.73 Å². The first-order chi connectivity index (χ1) is 9.49. The molecule has 3 nitrogen and oxygen atoms in total. The predicted molar refractivity (Wildman–Crippen MR) is 88.7 cm³/mol. The molecule has 0 atom stereocenters. The van der Waals surface area contributed by atoms with E-state index in [9.17, 15) is 0 Å². The van der Waals surface area contributed by atoms with Gasteiger partial charge in [-0.25, -0.2) is 4.98 Å². The Balaban J connectivity index is 2.39. The molecule has 6 heteroatoms. The highest BCUT2D eigenvalue weighted by Gasteiger charge is 2.14. The molecule has 0 unspecified atom stereocenters. The lowest BCUT2D eigenvalue weighted by atomic mass is 10.2. The summed E-state index contributed by atoms with van der Waals surface area (Å²) in [6.45, 7) is 4.12. The van der Waals surface area contributed by atoms with Gasteiger partial charge in [0.25, 0.3) is 0 Å². The summed E-state index contributed by atoms with van der Waals surface area (Å²) >= 11 is 12.9. The van der Waals surface area contributed by atoms with Crippen LogP contribution in [0, 0.1) is 18.6 Å². The van der Waals surface area contributed by atoms with Crippen LogP contribution in [0.4, 0.5) is 5.82 Å². The van der Waals surface area contributed by atoms with Gasteiger partial charge in [0.15, 0.2) is 0 Å². The van der Waals surface area contributed by atoms with Gasteiger partial charge in [0, 0.05) is 15.6 Å². The van der Waals surface area contributed by atoms with Crippen molar-refractivity contribution in [3.05, 3.63) is 44.5 Å². The number of thiophene rings is 1. The molecule has 2 aromatic heterocycles. The lowest BCUT2D eigenvalue weighted by Gasteiger charge is -2.11. The van der Waals surface area contributed by atoms with Crippen LogP contribution < -0.4 is 5.73 Å². The van der Waals surface area contributed by atoms with Crippen LogP contribution in [0.5, 0.6) is 0 Å². The topological polar surface area (TPSA) is 43.8 Å². The normalized spacial score (nSPS) is 11.2. The SMILES string of the molecule is Cc1sc2nc(=S)n(-c3ccc(Cl)cc3)c(N)c2c1C. The Morgan fingerprint density at radius 2 is 1.90 bits per heavy atom. The number of nitrogens with two attached hydrogens (primary N) is 1. The summed E-state index contributed by atoms with van der Waals surface area (Å²) in [5.41, 5.74) is 8.36. The molecule has 0 fully saturated rings. The van der Waals surface area contributed by atoms with Gasteiger partial charge in [-0.1, -0.05) is 11.6 Å². The van der Waals surface area contributed by atoms with Crippen molar-refractivity contribution in [1.82, 2.24) is 9.55 Å². The average molecular weight is 322 g/mol. The molecule has 2 N–H and O–H groups in total. The maximum absolute atomic E-state index is 6.33. The van der Waals surface area contributed by atoms with E-state index in [2.05, 4.69) is 18.8 Å². The van der Waals surface area contributed by atoms with Gasteiger partial charge in [0.2, 0.25) is 4.77 Å². The molecule has 20 heavy (non-hydrogen) atoms. The van der Waals surface area contributed by atoms with E-state index in [1.54, 1.807) is 15.9 Å². The van der Waals surface area contributed by atoms with E-state index < -0.39 is 0 Å². The molecule has 0 aliphatic carbocycles. The summed E-state index contributed by atoms with van der Waals surface area (Å²) in [6, 6.07) is 7.40. The van der Waals surface area contributed by atoms with Gasteiger partial charge in [0.1, 0.15) is 10.6 Å². The predicted octanol–water partition coefficient (Wildman–Crippen LogP) is 4.67. The highest BCUT2D eigenvalue weighted by molar-refractivity contribution is 7.71. The molecule has 0 aliphatic rings. The quantitative estimate of drug-likeness (QED) is 0.662. The van der Waals surface area contributed by atoms with Crippen molar-refractivity contribution in [3.63, 3.8) is 0 Å². The minimum atomic E-state index is 0.457. The summed E-state index contributed by atoms with van der Waals surface area (Å²) in [5, 5.41) is 1.66. The van der Waals surface area contributed by atoms with Crippen LogP contribution in [0.3, 0.4) is 0 Å². The Bertz CT molecular complexity index is 863. The molecule has 2 heterocycles. The van der Waals surface area contributed by atoms with Crippen molar-refractivity contribution in [2.45, 2.75) is 13.8 Å². The largest absolute Gasteiger partial charge is 0.384 e. The molecule has 0 saturated carbocycles. The first kappa shape index (κ1) is 13.5. The molecular formula is C14H12ClN3S2. The molecule has 1 aromatic carbocycles. The van der Waals surface area contributed by atoms with E-state index in [-0.39, 0.29) is 0 Å². The number of anilines is 1. The summed E-state index contributed by atoms with van der Waals surface area (Å²) in [6.07, 6.45) is 0. The minimum absolute atomic E-state index is 0.457. The van der Waals surface area contributed by atoms with Gasteiger partial charge in [-0.3, -0.25) is 4.57 Å². The molecule has 0 bridgehead atoms. The number of aromatic nitrogens is 2. The number of hydrogen-bond donors (Lipinski definition) is 1. The fraction of sp³-hybridized carbons (Fsp3) is 0.143. The zero-order valence-electron chi connectivity index (χ0n) is 11.0. The molecule has 0 radical (unpaired) electrons. The molecule has 3 rings (SSSR count). The number of hydrogen-bond acceptors (Lipinski definition) is 4. The number of benzene rings is 1. The van der Waals surface area contributed by atoms with Crippen molar-refractivity contribution in [3.8, 4) is 5.69 Å². The van der Waals surface area contributed by atoms with Crippen LogP contribution >= 0.6 is 35.2 Å². The van der Waals surface area contributed by atoms with Crippen LogP contribution in [-0.2, 0) is 0 Å². The second-order valence-electron chi connectivity index (χ2n) is 4.55. The minimum Gasteiger partial charge on any atom is -0.384 e. The average Bonchev–Trinajstić information content (AvgIpc) is 2.67. The van der Waals surface area contributed by atoms with E-state index in [1.807, 2.05) is 24.3 Å². The number of halogens is 1. The standard InChI is InChI=1S/C14H12ClN3S2/c1-7-8(2)20-13-11(7)12(16)18(14(19)17-13)10-5-3-9(15)4-6-10/h3-6H,16H2,1-2H3. The van der Waals surface area contributed by atoms with Crippen LogP contribution in [0.2, 0.25) is 5.02 Å². The Hall–Kier alpha value is -1.43. The zero-order chi connectivity index (χ0) is 14.4. The third kappa shape index (κ3) is 2.02. The number of aryl methyl sites for hydroxylation is 2. The summed E-state index contributed by atoms with van der Waals surface area (Å²) < 4.78 is 2.24. The Morgan fingerprint density at radius 3 is 2.55 bits per heavy atom. The summed E-state index contributed by atoms with van der Waals surface area (Å²) in [4.78, 5) is 6.61. The summed E-state index contributed by atoms with van der Waals surface area (Å²) in [5.74, 6) is 0.629. The van der Waals surface area contributed by atoms with Crippen LogP contribution in [0.15, 0.2) is 24.3 Å². The van der Waals surface area contributed by atoms with Gasteiger partial charge >= 0.3 is 0 Å². The molecule has 0 amide bonds. The van der Waals surface area contributed by atoms with Gasteiger partial charge < -0.3 is 5.73 Å². The molecule has 3 aromatic rings. The lowest BCUT2D eigenvalue weighted by Crippen LogP contribution is -2.07. The van der Waals surface area contributed by atoms with Gasteiger partial charge in [-0.2, -0.15) is 0 Å². The van der Waals surface area contributed by atoms with Gasteiger partial charge in [-0.05, 0) is 55.9 Å². The lowest BCUT2D eigenvalue weighted by molar-refractivity contribution is 0.997. The van der Waals surface area contributed by atoms with Crippen LogP contribution in [0.1, 0.15) is 10.4 Å². The maximum atomic E-state index is 6.33. The Labute approximate surface area is 130 Å². The maximum Gasteiger partial charge on any atom is 0.207 e. The van der Waals surface area contributed by atoms with Crippen LogP contribution in [-0.4, -0.2) is 9.55 Å². The highest BCUT2D eigenvalue weighted by atomic mass is 35.5.